The second-order valence-electron chi connectivity index (χ2n) is 2.64. The quantitative estimate of drug-likeness (QED) is 0.594. The highest BCUT2D eigenvalue weighted by Gasteiger charge is 1.98. The normalized spacial score (nSPS) is 9.00. The highest BCUT2D eigenvalue weighted by atomic mass is 35.5. The van der Waals surface area contributed by atoms with Gasteiger partial charge in [-0.2, -0.15) is 0 Å². The summed E-state index contributed by atoms with van der Waals surface area (Å²) in [6.07, 6.45) is 0.965. The molecule has 0 amide bonds. The third-order valence-electron chi connectivity index (χ3n) is 1.63. The van der Waals surface area contributed by atoms with Gasteiger partial charge in [0, 0.05) is 10.6 Å². The Labute approximate surface area is 87.5 Å². The van der Waals surface area contributed by atoms with Crippen molar-refractivity contribution < 1.29 is 9.90 Å². The predicted molar refractivity (Wildman–Crippen MR) is 54.9 cm³/mol. The molecule has 3 heteroatoms. The number of carbonyl (C=O) groups is 1. The largest absolute Gasteiger partial charge is 0.392 e. The monoisotopic (exact) mass is 208 g/mol. The van der Waals surface area contributed by atoms with E-state index in [1.54, 1.807) is 18.2 Å². The van der Waals surface area contributed by atoms with E-state index < -0.39 is 0 Å². The van der Waals surface area contributed by atoms with Gasteiger partial charge in [-0.3, -0.25) is 0 Å². The first-order valence-corrected chi connectivity index (χ1v) is 4.47. The lowest BCUT2D eigenvalue weighted by molar-refractivity contribution is -0.107. The number of rotatable bonds is 2. The number of hydrogen-bond donors (Lipinski definition) is 1. The Morgan fingerprint density at radius 1 is 1.50 bits per heavy atom. The van der Waals surface area contributed by atoms with Crippen LogP contribution in [0.3, 0.4) is 0 Å². The molecule has 0 aliphatic rings. The lowest BCUT2D eigenvalue weighted by Gasteiger charge is -1.99. The van der Waals surface area contributed by atoms with Crippen LogP contribution in [0.1, 0.15) is 17.5 Å². The van der Waals surface area contributed by atoms with Crippen LogP contribution in [0, 0.1) is 11.8 Å². The van der Waals surface area contributed by atoms with Crippen LogP contribution in [-0.4, -0.2) is 11.4 Å². The van der Waals surface area contributed by atoms with Crippen molar-refractivity contribution in [1.82, 2.24) is 0 Å². The minimum Gasteiger partial charge on any atom is -0.392 e. The van der Waals surface area contributed by atoms with Crippen LogP contribution < -0.4 is 0 Å². The van der Waals surface area contributed by atoms with Crippen molar-refractivity contribution >= 4 is 17.9 Å². The number of hydrogen-bond acceptors (Lipinski definition) is 2. The highest BCUT2D eigenvalue weighted by molar-refractivity contribution is 6.31. The number of aliphatic hydroxyl groups is 1. The Bertz CT molecular complexity index is 388. The molecule has 2 nitrogen and oxygen atoms in total. The second-order valence-corrected chi connectivity index (χ2v) is 3.04. The van der Waals surface area contributed by atoms with E-state index in [1.165, 1.54) is 0 Å². The van der Waals surface area contributed by atoms with Crippen molar-refractivity contribution in [3.8, 4) is 11.8 Å². The van der Waals surface area contributed by atoms with Gasteiger partial charge in [0.25, 0.3) is 0 Å². The van der Waals surface area contributed by atoms with E-state index in [4.69, 9.17) is 16.7 Å². The first kappa shape index (κ1) is 10.8. The van der Waals surface area contributed by atoms with E-state index in [1.807, 2.05) is 0 Å². The molecule has 14 heavy (non-hydrogen) atoms. The molecule has 0 aliphatic heterocycles. The zero-order valence-electron chi connectivity index (χ0n) is 7.46. The van der Waals surface area contributed by atoms with Gasteiger partial charge in [0.2, 0.25) is 0 Å². The Balaban J connectivity index is 2.91. The van der Waals surface area contributed by atoms with Gasteiger partial charge >= 0.3 is 0 Å². The number of halogens is 1. The van der Waals surface area contributed by atoms with Crippen LogP contribution in [0.2, 0.25) is 5.02 Å². The molecule has 0 fully saturated rings. The summed E-state index contributed by atoms with van der Waals surface area (Å²) >= 11 is 5.79. The zero-order valence-corrected chi connectivity index (χ0v) is 8.21. The average molecular weight is 209 g/mol. The Hall–Kier alpha value is -1.30. The molecule has 0 saturated carbocycles. The molecule has 72 valence electrons. The molecule has 1 aromatic carbocycles. The van der Waals surface area contributed by atoms with Crippen molar-refractivity contribution in [3.05, 3.63) is 34.3 Å². The lowest BCUT2D eigenvalue weighted by atomic mass is 10.1. The van der Waals surface area contributed by atoms with E-state index >= 15 is 0 Å². The van der Waals surface area contributed by atoms with E-state index in [9.17, 15) is 4.79 Å². The fourth-order valence-electron chi connectivity index (χ4n) is 0.968. The van der Waals surface area contributed by atoms with Crippen LogP contribution in [0.25, 0.3) is 0 Å². The molecule has 0 unspecified atom stereocenters. The second kappa shape index (κ2) is 5.43. The first-order valence-electron chi connectivity index (χ1n) is 4.09. The van der Waals surface area contributed by atoms with Crippen molar-refractivity contribution in [2.75, 3.05) is 0 Å². The van der Waals surface area contributed by atoms with Crippen molar-refractivity contribution in [1.29, 1.82) is 0 Å². The maximum absolute atomic E-state index is 10.0. The maximum atomic E-state index is 10.0. The first-order chi connectivity index (χ1) is 6.77. The van der Waals surface area contributed by atoms with Crippen molar-refractivity contribution in [3.63, 3.8) is 0 Å². The van der Waals surface area contributed by atoms with Gasteiger partial charge in [0.05, 0.1) is 13.0 Å². The SMILES string of the molecule is O=CCC#Cc1ccc(Cl)c(CO)c1. The summed E-state index contributed by atoms with van der Waals surface area (Å²) in [7, 11) is 0. The van der Waals surface area contributed by atoms with Gasteiger partial charge in [0.1, 0.15) is 6.29 Å². The van der Waals surface area contributed by atoms with Gasteiger partial charge in [-0.25, -0.2) is 0 Å². The third kappa shape index (κ3) is 2.88. The Morgan fingerprint density at radius 3 is 2.93 bits per heavy atom. The van der Waals surface area contributed by atoms with E-state index in [2.05, 4.69) is 11.8 Å². The minimum absolute atomic E-state index is 0.109. The van der Waals surface area contributed by atoms with E-state index in [0.29, 0.717) is 10.6 Å². The van der Waals surface area contributed by atoms with E-state index in [-0.39, 0.29) is 13.0 Å². The molecule has 0 saturated heterocycles. The molecule has 1 rings (SSSR count). The fraction of sp³-hybridized carbons (Fsp3) is 0.182. The number of aldehydes is 1. The van der Waals surface area contributed by atoms with Crippen LogP contribution in [0.4, 0.5) is 0 Å². The molecule has 0 heterocycles. The molecule has 1 aromatic rings. The summed E-state index contributed by atoms with van der Waals surface area (Å²) in [6, 6.07) is 5.14. The molecule has 0 radical (unpaired) electrons. The standard InChI is InChI=1S/C11H9ClO2/c12-11-5-4-9(3-1-2-6-13)7-10(11)8-14/h4-7,14H,2,8H2. The predicted octanol–water partition coefficient (Wildman–Crippen LogP) is 1.77. The van der Waals surface area contributed by atoms with Gasteiger partial charge in [-0.05, 0) is 23.8 Å². The molecule has 0 spiro atoms. The minimum atomic E-state index is -0.109. The van der Waals surface area contributed by atoms with Crippen LogP contribution >= 0.6 is 11.6 Å². The summed E-state index contributed by atoms with van der Waals surface area (Å²) in [5, 5.41) is 9.45. The van der Waals surface area contributed by atoms with Gasteiger partial charge < -0.3 is 9.90 Å². The summed E-state index contributed by atoms with van der Waals surface area (Å²) in [4.78, 5) is 10.0. The number of benzene rings is 1. The van der Waals surface area contributed by atoms with Crippen LogP contribution in [0.15, 0.2) is 18.2 Å². The Kier molecular flexibility index (Phi) is 4.18. The fourth-order valence-corrected chi connectivity index (χ4v) is 1.15. The molecule has 0 atom stereocenters. The van der Waals surface area contributed by atoms with Gasteiger partial charge in [0.15, 0.2) is 0 Å². The summed E-state index contributed by atoms with van der Waals surface area (Å²) in [6.45, 7) is -0.109. The molecular formula is C11H9ClO2. The summed E-state index contributed by atoms with van der Waals surface area (Å²) in [5.41, 5.74) is 1.39. The smallest absolute Gasteiger partial charge is 0.131 e. The van der Waals surface area contributed by atoms with E-state index in [0.717, 1.165) is 11.8 Å². The lowest BCUT2D eigenvalue weighted by Crippen LogP contribution is -1.86. The Morgan fingerprint density at radius 2 is 2.29 bits per heavy atom. The topological polar surface area (TPSA) is 37.3 Å². The molecule has 0 bridgehead atoms. The number of carbonyl (C=O) groups excluding carboxylic acids is 1. The molecule has 0 aliphatic carbocycles. The molecule has 1 N–H and O–H groups in total. The summed E-state index contributed by atoms with van der Waals surface area (Å²) < 4.78 is 0. The van der Waals surface area contributed by atoms with Gasteiger partial charge in [-0.1, -0.05) is 23.4 Å². The van der Waals surface area contributed by atoms with Crippen molar-refractivity contribution in [2.24, 2.45) is 0 Å². The van der Waals surface area contributed by atoms with Crippen LogP contribution in [0.5, 0.6) is 0 Å². The number of aliphatic hydroxyl groups excluding tert-OH is 1. The zero-order chi connectivity index (χ0) is 10.4. The van der Waals surface area contributed by atoms with Gasteiger partial charge in [-0.15, -0.1) is 0 Å². The molecule has 0 aromatic heterocycles. The maximum Gasteiger partial charge on any atom is 0.131 e. The van der Waals surface area contributed by atoms with Crippen LogP contribution in [-0.2, 0) is 11.4 Å². The average Bonchev–Trinajstić information content (AvgIpc) is 2.21. The molecular weight excluding hydrogens is 200 g/mol. The van der Waals surface area contributed by atoms with Crippen molar-refractivity contribution in [2.45, 2.75) is 13.0 Å². The summed E-state index contributed by atoms with van der Waals surface area (Å²) in [5.74, 6) is 5.48. The third-order valence-corrected chi connectivity index (χ3v) is 2.00. The highest BCUT2D eigenvalue weighted by Crippen LogP contribution is 2.16.